The van der Waals surface area contributed by atoms with Crippen molar-refractivity contribution in [1.29, 1.82) is 0 Å². The first kappa shape index (κ1) is 14.9. The topological polar surface area (TPSA) is 108 Å². The van der Waals surface area contributed by atoms with Crippen molar-refractivity contribution < 1.29 is 25.8 Å². The Morgan fingerprint density at radius 3 is 2.50 bits per heavy atom. The molecule has 0 saturated heterocycles. The third-order valence-corrected chi connectivity index (χ3v) is 1.78. The average molecular weight is 248 g/mol. The number of carbonyl (C=O) groups excluding carboxylic acids is 1. The minimum atomic E-state index is -1.61. The minimum absolute atomic E-state index is 0.208. The maximum atomic E-state index is 10.2. The number of halogens is 1. The largest absolute Gasteiger partial charge is 0.547 e. The lowest BCUT2D eigenvalue weighted by atomic mass is 10.1. The molecule has 6 heteroatoms. The van der Waals surface area contributed by atoms with Crippen LogP contribution in [0.15, 0.2) is 24.3 Å². The molecule has 0 saturated carbocycles. The van der Waals surface area contributed by atoms with E-state index in [1.165, 1.54) is 12.1 Å². The average Bonchev–Trinajstić information content (AvgIpc) is 2.28. The molecule has 16 heavy (non-hydrogen) atoms. The fraction of sp³-hybridized carbons (Fsp3) is 0.300. The van der Waals surface area contributed by atoms with Gasteiger partial charge in [0.25, 0.3) is 0 Å². The van der Waals surface area contributed by atoms with Crippen molar-refractivity contribution in [3.8, 4) is 0 Å². The molecule has 1 rings (SSSR count). The number of aliphatic carboxylic acids is 1. The number of rotatable bonds is 3. The molecule has 5 nitrogen and oxygen atoms in total. The van der Waals surface area contributed by atoms with Crippen LogP contribution in [0.25, 0.3) is 0 Å². The summed E-state index contributed by atoms with van der Waals surface area (Å²) in [5.74, 6) is -1.53. The molecule has 1 aromatic carbocycles. The Balaban J connectivity index is 0.000000487. The third kappa shape index (κ3) is 5.67. The highest BCUT2D eigenvalue weighted by Gasteiger charge is 2.07. The number of hydrogen-bond acceptors (Lipinski definition) is 4. The van der Waals surface area contributed by atoms with Crippen LogP contribution in [0, 0.1) is 0 Å². The lowest BCUT2D eigenvalue weighted by molar-refractivity contribution is -0.372. The van der Waals surface area contributed by atoms with Crippen molar-refractivity contribution in [1.82, 2.24) is 0 Å². The first-order valence-electron chi connectivity index (χ1n) is 4.57. The highest BCUT2D eigenvalue weighted by atomic mass is 35.5. The van der Waals surface area contributed by atoms with Crippen LogP contribution in [0.2, 0.25) is 5.02 Å². The van der Waals surface area contributed by atoms with Crippen molar-refractivity contribution in [3.63, 3.8) is 0 Å². The summed E-state index contributed by atoms with van der Waals surface area (Å²) < 4.78 is 0. The number of quaternary nitrogens is 1. The van der Waals surface area contributed by atoms with Gasteiger partial charge in [-0.25, -0.2) is 0 Å². The van der Waals surface area contributed by atoms with Gasteiger partial charge in [-0.05, 0) is 17.7 Å². The normalized spacial score (nSPS) is 11.2. The third-order valence-electron chi connectivity index (χ3n) is 1.55. The van der Waals surface area contributed by atoms with Gasteiger partial charge >= 0.3 is 0 Å². The number of carboxylic acids is 1. The Hall–Kier alpha value is -1.14. The Kier molecular flexibility index (Phi) is 7.49. The number of hydrogen-bond donors (Lipinski definition) is 3. The first-order chi connectivity index (χ1) is 7.52. The molecule has 0 heterocycles. The molecule has 0 spiro atoms. The van der Waals surface area contributed by atoms with Crippen LogP contribution in [0.3, 0.4) is 0 Å². The van der Waals surface area contributed by atoms with Crippen LogP contribution in [0.5, 0.6) is 0 Å². The van der Waals surface area contributed by atoms with Crippen LogP contribution in [0.1, 0.15) is 11.7 Å². The summed E-state index contributed by atoms with van der Waals surface area (Å²) in [4.78, 5) is 10.2. The van der Waals surface area contributed by atoms with Crippen molar-refractivity contribution in [2.24, 2.45) is 0 Å². The number of aliphatic hydroxyl groups is 2. The summed E-state index contributed by atoms with van der Waals surface area (Å²) >= 11 is 5.57. The maximum absolute atomic E-state index is 10.2. The highest BCUT2D eigenvalue weighted by Crippen LogP contribution is 2.16. The van der Waals surface area contributed by atoms with E-state index in [2.05, 4.69) is 5.73 Å². The fourth-order valence-corrected chi connectivity index (χ4v) is 1.01. The van der Waals surface area contributed by atoms with Crippen LogP contribution in [0.4, 0.5) is 0 Å². The molecule has 5 N–H and O–H groups in total. The lowest BCUT2D eigenvalue weighted by Gasteiger charge is -2.11. The summed E-state index contributed by atoms with van der Waals surface area (Å²) in [7, 11) is 0. The van der Waals surface area contributed by atoms with Crippen LogP contribution < -0.4 is 10.8 Å². The molecule has 0 unspecified atom stereocenters. The molecule has 0 bridgehead atoms. The summed E-state index contributed by atoms with van der Waals surface area (Å²) in [6.07, 6.45) is -1.61. The van der Waals surface area contributed by atoms with Gasteiger partial charge in [0.05, 0.1) is 19.1 Å². The monoisotopic (exact) mass is 247 g/mol. The zero-order valence-corrected chi connectivity index (χ0v) is 9.35. The standard InChI is InChI=1S/C8H7ClO3.C2H7NO/c9-6-3-1-2-5(4-6)7(10)8(11)12;3-1-2-4/h1-4,7,10H,(H,11,12);4H,1-3H2/t7-;/m1./s1. The summed E-state index contributed by atoms with van der Waals surface area (Å²) in [5.41, 5.74) is 3.58. The zero-order valence-electron chi connectivity index (χ0n) is 8.60. The minimum Gasteiger partial charge on any atom is -0.547 e. The van der Waals surface area contributed by atoms with E-state index in [0.29, 0.717) is 11.6 Å². The van der Waals surface area contributed by atoms with Gasteiger partial charge in [-0.1, -0.05) is 23.7 Å². The fourth-order valence-electron chi connectivity index (χ4n) is 0.813. The summed E-state index contributed by atoms with van der Waals surface area (Å²) in [5, 5.41) is 27.4. The van der Waals surface area contributed by atoms with Crippen molar-refractivity contribution in [2.75, 3.05) is 13.2 Å². The van der Waals surface area contributed by atoms with Gasteiger partial charge in [0, 0.05) is 5.02 Å². The lowest BCUT2D eigenvalue weighted by Crippen LogP contribution is -2.51. The second-order valence-electron chi connectivity index (χ2n) is 2.85. The van der Waals surface area contributed by atoms with Crippen LogP contribution in [-0.2, 0) is 4.79 Å². The predicted molar refractivity (Wildman–Crippen MR) is 56.3 cm³/mol. The molecule has 0 aromatic heterocycles. The molecule has 0 radical (unpaired) electrons. The van der Waals surface area contributed by atoms with Crippen molar-refractivity contribution in [2.45, 2.75) is 6.10 Å². The van der Waals surface area contributed by atoms with Crippen molar-refractivity contribution >= 4 is 17.6 Å². The molecular weight excluding hydrogens is 234 g/mol. The molecule has 0 aliphatic heterocycles. The second kappa shape index (κ2) is 8.06. The number of benzene rings is 1. The van der Waals surface area contributed by atoms with Gasteiger partial charge < -0.3 is 25.8 Å². The zero-order chi connectivity index (χ0) is 12.6. The molecule has 0 amide bonds. The Bertz CT molecular complexity index is 330. The van der Waals surface area contributed by atoms with Gasteiger partial charge in [0.2, 0.25) is 0 Å². The summed E-state index contributed by atoms with van der Waals surface area (Å²) in [6.45, 7) is 0.833. The molecule has 0 fully saturated rings. The van der Waals surface area contributed by atoms with E-state index in [1.807, 2.05) is 0 Å². The SMILES string of the molecule is O=C([O-])[C@H](O)c1cccc(Cl)c1.[NH3+]CCO. The van der Waals surface area contributed by atoms with E-state index < -0.39 is 12.1 Å². The van der Waals surface area contributed by atoms with Gasteiger partial charge in [-0.2, -0.15) is 0 Å². The number of carboxylic acid groups (broad SMARTS) is 1. The molecule has 0 aliphatic carbocycles. The maximum Gasteiger partial charge on any atom is 0.118 e. The highest BCUT2D eigenvalue weighted by molar-refractivity contribution is 6.30. The van der Waals surface area contributed by atoms with Crippen LogP contribution in [-0.4, -0.2) is 29.3 Å². The smallest absolute Gasteiger partial charge is 0.118 e. The van der Waals surface area contributed by atoms with E-state index >= 15 is 0 Å². The Labute approximate surface area is 98.1 Å². The summed E-state index contributed by atoms with van der Waals surface area (Å²) in [6, 6.07) is 5.99. The molecular formula is C10H14ClNO4. The van der Waals surface area contributed by atoms with Crippen molar-refractivity contribution in [3.05, 3.63) is 34.9 Å². The molecule has 0 aliphatic rings. The van der Waals surface area contributed by atoms with Crippen LogP contribution >= 0.6 is 11.6 Å². The first-order valence-corrected chi connectivity index (χ1v) is 4.95. The Morgan fingerprint density at radius 2 is 2.12 bits per heavy atom. The number of carbonyl (C=O) groups is 1. The second-order valence-corrected chi connectivity index (χ2v) is 3.29. The molecule has 1 aromatic rings. The van der Waals surface area contributed by atoms with E-state index in [4.69, 9.17) is 21.8 Å². The van der Waals surface area contributed by atoms with E-state index in [1.54, 1.807) is 12.1 Å². The Morgan fingerprint density at radius 1 is 1.56 bits per heavy atom. The molecule has 1 atom stereocenters. The van der Waals surface area contributed by atoms with E-state index in [9.17, 15) is 9.90 Å². The van der Waals surface area contributed by atoms with E-state index in [-0.39, 0.29) is 12.2 Å². The van der Waals surface area contributed by atoms with Gasteiger partial charge in [0.15, 0.2) is 0 Å². The predicted octanol–water partition coefficient (Wildman–Crippen LogP) is -1.66. The molecule has 90 valence electrons. The number of aliphatic hydroxyl groups excluding tert-OH is 2. The quantitative estimate of drug-likeness (QED) is 0.594. The van der Waals surface area contributed by atoms with Gasteiger partial charge in [-0.15, -0.1) is 0 Å². The van der Waals surface area contributed by atoms with Gasteiger partial charge in [-0.3, -0.25) is 0 Å². The van der Waals surface area contributed by atoms with E-state index in [0.717, 1.165) is 0 Å². The van der Waals surface area contributed by atoms with Gasteiger partial charge in [0.1, 0.15) is 6.10 Å².